The molecule has 2 aromatic heterocycles. The summed E-state index contributed by atoms with van der Waals surface area (Å²) in [6.07, 6.45) is 0. The highest BCUT2D eigenvalue weighted by Crippen LogP contribution is 2.30. The van der Waals surface area contributed by atoms with Gasteiger partial charge < -0.3 is 4.52 Å². The number of benzene rings is 2. The van der Waals surface area contributed by atoms with Gasteiger partial charge in [0.15, 0.2) is 16.8 Å². The Morgan fingerprint density at radius 2 is 1.72 bits per heavy atom. The van der Waals surface area contributed by atoms with Gasteiger partial charge in [-0.3, -0.25) is 4.57 Å². The molecule has 148 valence electrons. The van der Waals surface area contributed by atoms with Crippen LogP contribution in [0.2, 0.25) is 5.02 Å². The lowest BCUT2D eigenvalue weighted by molar-refractivity contribution is 0.372. The molecule has 0 bridgehead atoms. The van der Waals surface area contributed by atoms with Gasteiger partial charge in [0.2, 0.25) is 5.89 Å². The van der Waals surface area contributed by atoms with Crippen molar-refractivity contribution >= 4 is 23.4 Å². The molecule has 0 unspecified atom stereocenters. The molecule has 0 saturated heterocycles. The van der Waals surface area contributed by atoms with Gasteiger partial charge in [0.25, 0.3) is 0 Å². The maximum absolute atomic E-state index is 6.04. The number of para-hydroxylation sites is 1. The monoisotopic (exact) mass is 425 g/mol. The van der Waals surface area contributed by atoms with Crippen molar-refractivity contribution in [1.29, 1.82) is 0 Å². The summed E-state index contributed by atoms with van der Waals surface area (Å²) < 4.78 is 7.43. The molecule has 29 heavy (non-hydrogen) atoms. The first-order valence-corrected chi connectivity index (χ1v) is 10.5. The predicted molar refractivity (Wildman–Crippen MR) is 114 cm³/mol. The summed E-state index contributed by atoms with van der Waals surface area (Å²) in [5, 5.41) is 14.4. The van der Waals surface area contributed by atoms with Crippen LogP contribution in [0.4, 0.5) is 0 Å². The van der Waals surface area contributed by atoms with E-state index in [9.17, 15) is 0 Å². The van der Waals surface area contributed by atoms with E-state index in [1.165, 1.54) is 11.8 Å². The highest BCUT2D eigenvalue weighted by atomic mass is 35.5. The Morgan fingerprint density at radius 3 is 2.38 bits per heavy atom. The first kappa shape index (κ1) is 19.7. The lowest BCUT2D eigenvalue weighted by atomic mass is 9.96. The highest BCUT2D eigenvalue weighted by molar-refractivity contribution is 7.98. The van der Waals surface area contributed by atoms with Gasteiger partial charge in [-0.05, 0) is 36.4 Å². The van der Waals surface area contributed by atoms with Crippen LogP contribution >= 0.6 is 23.4 Å². The average Bonchev–Trinajstić information content (AvgIpc) is 3.35. The van der Waals surface area contributed by atoms with Crippen LogP contribution in [0.25, 0.3) is 17.1 Å². The molecule has 0 N–H and O–H groups in total. The first-order chi connectivity index (χ1) is 13.9. The summed E-state index contributed by atoms with van der Waals surface area (Å²) in [7, 11) is 0. The van der Waals surface area contributed by atoms with E-state index >= 15 is 0 Å². The van der Waals surface area contributed by atoms with E-state index in [0.29, 0.717) is 22.5 Å². The Morgan fingerprint density at radius 1 is 1.00 bits per heavy atom. The first-order valence-electron chi connectivity index (χ1n) is 9.14. The van der Waals surface area contributed by atoms with E-state index in [-0.39, 0.29) is 5.41 Å². The van der Waals surface area contributed by atoms with Crippen molar-refractivity contribution in [2.45, 2.75) is 37.1 Å². The summed E-state index contributed by atoms with van der Waals surface area (Å²) in [4.78, 5) is 4.50. The Bertz CT molecular complexity index is 1100. The Labute approximate surface area is 178 Å². The summed E-state index contributed by atoms with van der Waals surface area (Å²) in [6.45, 7) is 6.16. The van der Waals surface area contributed by atoms with Crippen LogP contribution in [0.15, 0.2) is 64.3 Å². The minimum atomic E-state index is -0.155. The minimum absolute atomic E-state index is 0.155. The predicted octanol–water partition coefficient (Wildman–Crippen LogP) is 5.56. The van der Waals surface area contributed by atoms with Crippen LogP contribution in [0, 0.1) is 0 Å². The molecule has 0 saturated carbocycles. The molecule has 8 heteroatoms. The Kier molecular flexibility index (Phi) is 5.43. The van der Waals surface area contributed by atoms with E-state index < -0.39 is 0 Å². The molecule has 0 fully saturated rings. The van der Waals surface area contributed by atoms with Crippen molar-refractivity contribution in [2.24, 2.45) is 0 Å². The maximum atomic E-state index is 6.04. The van der Waals surface area contributed by atoms with Crippen molar-refractivity contribution in [3.05, 3.63) is 71.3 Å². The molecule has 0 radical (unpaired) electrons. The molecule has 2 heterocycles. The lowest BCUT2D eigenvalue weighted by Crippen LogP contribution is -2.13. The smallest absolute Gasteiger partial charge is 0.237 e. The second kappa shape index (κ2) is 8.00. The number of nitrogens with zero attached hydrogens (tertiary/aromatic N) is 5. The van der Waals surface area contributed by atoms with Gasteiger partial charge >= 0.3 is 0 Å². The summed E-state index contributed by atoms with van der Waals surface area (Å²) >= 11 is 7.55. The normalized spacial score (nSPS) is 11.7. The van der Waals surface area contributed by atoms with Gasteiger partial charge in [-0.2, -0.15) is 4.98 Å². The van der Waals surface area contributed by atoms with E-state index in [1.807, 2.05) is 59.2 Å². The topological polar surface area (TPSA) is 69.6 Å². The van der Waals surface area contributed by atoms with Crippen molar-refractivity contribution < 1.29 is 4.52 Å². The standard InChI is InChI=1S/C21H20ClN5OS/c1-21(2,3)19-23-17(28-26-19)13-29-20-25-24-18(14-9-11-15(22)12-10-14)27(20)16-7-5-4-6-8-16/h4-12H,13H2,1-3H3. The molecular weight excluding hydrogens is 406 g/mol. The average molecular weight is 426 g/mol. The van der Waals surface area contributed by atoms with Crippen LogP contribution in [0.1, 0.15) is 32.5 Å². The maximum Gasteiger partial charge on any atom is 0.237 e. The third-order valence-electron chi connectivity index (χ3n) is 4.21. The zero-order valence-corrected chi connectivity index (χ0v) is 17.9. The lowest BCUT2D eigenvalue weighted by Gasteiger charge is -2.11. The number of rotatable bonds is 5. The van der Waals surface area contributed by atoms with Gasteiger partial charge in [-0.1, -0.05) is 67.5 Å². The van der Waals surface area contributed by atoms with Gasteiger partial charge in [-0.25, -0.2) is 0 Å². The van der Waals surface area contributed by atoms with Crippen LogP contribution < -0.4 is 0 Å². The molecule has 0 atom stereocenters. The molecule has 2 aromatic carbocycles. The fraction of sp³-hybridized carbons (Fsp3) is 0.238. The SMILES string of the molecule is CC(C)(C)c1noc(CSc2nnc(-c3ccc(Cl)cc3)n2-c2ccccc2)n1. The van der Waals surface area contributed by atoms with Gasteiger partial charge in [-0.15, -0.1) is 10.2 Å². The number of hydrogen-bond acceptors (Lipinski definition) is 6. The molecule has 6 nitrogen and oxygen atoms in total. The van der Waals surface area contributed by atoms with Crippen molar-refractivity contribution in [1.82, 2.24) is 24.9 Å². The molecule has 0 aliphatic rings. The summed E-state index contributed by atoms with van der Waals surface area (Å²) in [5.74, 6) is 2.51. The fourth-order valence-electron chi connectivity index (χ4n) is 2.70. The number of aromatic nitrogens is 5. The van der Waals surface area contributed by atoms with E-state index in [2.05, 4.69) is 41.1 Å². The minimum Gasteiger partial charge on any atom is -0.338 e. The Hall–Kier alpha value is -2.64. The molecule has 0 amide bonds. The summed E-state index contributed by atoms with van der Waals surface area (Å²) in [6, 6.07) is 17.6. The molecule has 0 aliphatic carbocycles. The van der Waals surface area contributed by atoms with Crippen molar-refractivity contribution in [3.8, 4) is 17.1 Å². The molecular formula is C21H20ClN5OS. The van der Waals surface area contributed by atoms with E-state index in [1.54, 1.807) is 0 Å². The molecule has 0 spiro atoms. The zero-order valence-electron chi connectivity index (χ0n) is 16.3. The van der Waals surface area contributed by atoms with E-state index in [4.69, 9.17) is 16.1 Å². The largest absolute Gasteiger partial charge is 0.338 e. The second-order valence-corrected chi connectivity index (χ2v) is 8.91. The number of thioether (sulfide) groups is 1. The van der Waals surface area contributed by atoms with Crippen LogP contribution in [-0.2, 0) is 11.2 Å². The third-order valence-corrected chi connectivity index (χ3v) is 5.38. The molecule has 4 aromatic rings. The zero-order chi connectivity index (χ0) is 20.4. The quantitative estimate of drug-likeness (QED) is 0.390. The van der Waals surface area contributed by atoms with E-state index in [0.717, 1.165) is 22.2 Å². The van der Waals surface area contributed by atoms with Gasteiger partial charge in [0.05, 0.1) is 5.75 Å². The molecule has 0 aliphatic heterocycles. The number of hydrogen-bond donors (Lipinski definition) is 0. The second-order valence-electron chi connectivity index (χ2n) is 7.53. The Balaban J connectivity index is 1.66. The van der Waals surface area contributed by atoms with Crippen LogP contribution in [-0.4, -0.2) is 24.9 Å². The number of halogens is 1. The highest BCUT2D eigenvalue weighted by Gasteiger charge is 2.22. The van der Waals surface area contributed by atoms with Crippen LogP contribution in [0.5, 0.6) is 0 Å². The third kappa shape index (κ3) is 4.36. The van der Waals surface area contributed by atoms with Crippen molar-refractivity contribution in [2.75, 3.05) is 0 Å². The summed E-state index contributed by atoms with van der Waals surface area (Å²) in [5.41, 5.74) is 1.76. The van der Waals surface area contributed by atoms with Gasteiger partial charge in [0.1, 0.15) is 0 Å². The fourth-order valence-corrected chi connectivity index (χ4v) is 3.62. The molecule has 4 rings (SSSR count). The van der Waals surface area contributed by atoms with Gasteiger partial charge in [0, 0.05) is 21.7 Å². The van der Waals surface area contributed by atoms with Crippen LogP contribution in [0.3, 0.4) is 0 Å². The van der Waals surface area contributed by atoms with Crippen molar-refractivity contribution in [3.63, 3.8) is 0 Å².